The number of carbonyl (C=O) groups is 1. The van der Waals surface area contributed by atoms with E-state index in [4.69, 9.17) is 23.2 Å². The fraction of sp³-hybridized carbons (Fsp3) is 0.118. The molecule has 0 saturated carbocycles. The largest absolute Gasteiger partial charge is 0.325 e. The molecule has 0 unspecified atom stereocenters. The van der Waals surface area contributed by atoms with Gasteiger partial charge in [0.2, 0.25) is 5.13 Å². The van der Waals surface area contributed by atoms with Crippen molar-refractivity contribution in [3.63, 3.8) is 0 Å². The second-order valence-electron chi connectivity index (χ2n) is 5.29. The molecule has 3 rings (SSSR count). The molecule has 0 fully saturated rings. The van der Waals surface area contributed by atoms with Crippen LogP contribution in [0.5, 0.6) is 0 Å². The van der Waals surface area contributed by atoms with Gasteiger partial charge in [-0.05, 0) is 29.8 Å². The minimum absolute atomic E-state index is 0.219. The van der Waals surface area contributed by atoms with Gasteiger partial charge < -0.3 is 5.32 Å². The number of thioether (sulfide) groups is 1. The highest BCUT2D eigenvalue weighted by molar-refractivity contribution is 7.97. The lowest BCUT2D eigenvalue weighted by Gasteiger charge is -2.06. The normalized spacial score (nSPS) is 10.6. The average Bonchev–Trinajstić information content (AvgIpc) is 3.07. The van der Waals surface area contributed by atoms with E-state index in [1.54, 1.807) is 36.4 Å². The first kappa shape index (κ1) is 19.9. The van der Waals surface area contributed by atoms with Crippen LogP contribution in [0, 0.1) is 5.82 Å². The van der Waals surface area contributed by atoms with Gasteiger partial charge in [-0.2, -0.15) is 0 Å². The molecule has 3 aromatic rings. The molecule has 0 atom stereocenters. The van der Waals surface area contributed by atoms with Crippen molar-refractivity contribution in [2.24, 2.45) is 0 Å². The van der Waals surface area contributed by atoms with E-state index >= 15 is 0 Å². The van der Waals surface area contributed by atoms with Gasteiger partial charge in [0.1, 0.15) is 10.8 Å². The molecule has 0 aliphatic heterocycles. The van der Waals surface area contributed by atoms with Gasteiger partial charge in [0.05, 0.1) is 10.0 Å². The molecule has 1 aromatic heterocycles. The molecule has 0 saturated heterocycles. The van der Waals surface area contributed by atoms with Gasteiger partial charge in [0.15, 0.2) is 0 Å². The molecule has 2 N–H and O–H groups in total. The third-order valence-electron chi connectivity index (χ3n) is 3.31. The predicted octanol–water partition coefficient (Wildman–Crippen LogP) is 6.06. The Morgan fingerprint density at radius 3 is 2.67 bits per heavy atom. The number of nitrogens with zero attached hydrogens (tertiary/aromatic N) is 2. The number of amides is 2. The summed E-state index contributed by atoms with van der Waals surface area (Å²) in [5.74, 6) is 0.887. The van der Waals surface area contributed by atoms with Gasteiger partial charge >= 0.3 is 6.03 Å². The summed E-state index contributed by atoms with van der Waals surface area (Å²) in [6, 6.07) is 11.0. The second-order valence-corrected chi connectivity index (χ2v) is 8.16. The van der Waals surface area contributed by atoms with Crippen molar-refractivity contribution in [1.82, 2.24) is 10.2 Å². The molecule has 5 nitrogen and oxygen atoms in total. The summed E-state index contributed by atoms with van der Waals surface area (Å²) in [7, 11) is 0. The van der Waals surface area contributed by atoms with E-state index in [2.05, 4.69) is 20.8 Å². The number of urea groups is 1. The summed E-state index contributed by atoms with van der Waals surface area (Å²) >= 11 is 14.5. The van der Waals surface area contributed by atoms with Gasteiger partial charge in [0, 0.05) is 17.2 Å². The van der Waals surface area contributed by atoms with Crippen LogP contribution in [0.2, 0.25) is 10.0 Å². The van der Waals surface area contributed by atoms with Gasteiger partial charge in [-0.3, -0.25) is 5.32 Å². The molecule has 0 radical (unpaired) electrons. The number of benzene rings is 2. The summed E-state index contributed by atoms with van der Waals surface area (Å²) < 4.78 is 13.6. The van der Waals surface area contributed by atoms with E-state index in [0.29, 0.717) is 37.9 Å². The minimum atomic E-state index is -0.463. The number of halogens is 3. The summed E-state index contributed by atoms with van der Waals surface area (Å²) in [6.45, 7) is 0. The van der Waals surface area contributed by atoms with E-state index in [1.807, 2.05) is 0 Å². The van der Waals surface area contributed by atoms with Crippen molar-refractivity contribution in [3.05, 3.63) is 68.9 Å². The van der Waals surface area contributed by atoms with Crippen LogP contribution in [0.15, 0.2) is 42.5 Å². The van der Waals surface area contributed by atoms with Crippen LogP contribution in [-0.4, -0.2) is 16.2 Å². The van der Waals surface area contributed by atoms with Crippen molar-refractivity contribution < 1.29 is 9.18 Å². The van der Waals surface area contributed by atoms with E-state index in [1.165, 1.54) is 29.2 Å². The predicted molar refractivity (Wildman–Crippen MR) is 110 cm³/mol. The highest BCUT2D eigenvalue weighted by atomic mass is 35.5. The first-order valence-electron chi connectivity index (χ1n) is 7.68. The number of carbonyl (C=O) groups excluding carboxylic acids is 1. The minimum Gasteiger partial charge on any atom is -0.308 e. The Morgan fingerprint density at radius 2 is 1.89 bits per heavy atom. The maximum absolute atomic E-state index is 13.6. The molecule has 0 aliphatic carbocycles. The Kier molecular flexibility index (Phi) is 6.89. The topological polar surface area (TPSA) is 66.9 Å². The molecule has 0 aliphatic rings. The van der Waals surface area contributed by atoms with Gasteiger partial charge in [0.25, 0.3) is 0 Å². The third-order valence-corrected chi connectivity index (χ3v) is 6.06. The van der Waals surface area contributed by atoms with Gasteiger partial charge in [-0.1, -0.05) is 52.7 Å². The first-order valence-corrected chi connectivity index (χ1v) is 10.4. The molecular formula is C17H13Cl2FN4OS2. The molecule has 0 bridgehead atoms. The summed E-state index contributed by atoms with van der Waals surface area (Å²) in [4.78, 5) is 12.0. The summed E-state index contributed by atoms with van der Waals surface area (Å²) in [5.41, 5.74) is 1.15. The fourth-order valence-electron chi connectivity index (χ4n) is 2.06. The van der Waals surface area contributed by atoms with Crippen LogP contribution in [0.4, 0.5) is 20.0 Å². The first-order chi connectivity index (χ1) is 13.0. The zero-order valence-electron chi connectivity index (χ0n) is 13.7. The average molecular weight is 443 g/mol. The van der Waals surface area contributed by atoms with Crippen LogP contribution < -0.4 is 10.6 Å². The number of hydrogen-bond acceptors (Lipinski definition) is 5. The van der Waals surface area contributed by atoms with Gasteiger partial charge in [-0.15, -0.1) is 22.0 Å². The Labute approximate surface area is 173 Å². The smallest absolute Gasteiger partial charge is 0.308 e. The molecule has 10 heteroatoms. The molecule has 2 amide bonds. The van der Waals surface area contributed by atoms with Crippen molar-refractivity contribution in [2.75, 3.05) is 10.6 Å². The van der Waals surface area contributed by atoms with E-state index in [9.17, 15) is 9.18 Å². The highest BCUT2D eigenvalue weighted by Gasteiger charge is 2.10. The van der Waals surface area contributed by atoms with Crippen LogP contribution in [0.1, 0.15) is 10.6 Å². The number of anilines is 2. The Hall–Kier alpha value is -1.87. The van der Waals surface area contributed by atoms with Crippen LogP contribution in [-0.2, 0) is 11.5 Å². The van der Waals surface area contributed by atoms with Crippen LogP contribution in [0.25, 0.3) is 0 Å². The number of nitrogens with one attached hydrogen (secondary N) is 2. The number of hydrogen-bond donors (Lipinski definition) is 2. The van der Waals surface area contributed by atoms with Crippen LogP contribution in [0.3, 0.4) is 0 Å². The SMILES string of the molecule is O=C(Nc1ccc(Cl)c(Cl)c1)Nc1nnc(CSCc2ccccc2F)s1. The zero-order valence-corrected chi connectivity index (χ0v) is 16.9. The lowest BCUT2D eigenvalue weighted by molar-refractivity contribution is 0.262. The molecule has 140 valence electrons. The van der Waals surface area contributed by atoms with E-state index in [-0.39, 0.29) is 5.82 Å². The standard InChI is InChI=1S/C17H13Cl2FN4OS2/c18-12-6-5-11(7-13(12)19)21-16(25)22-17-24-23-15(27-17)9-26-8-10-3-1-2-4-14(10)20/h1-7H,8-9H2,(H2,21,22,24,25). The molecule has 27 heavy (non-hydrogen) atoms. The van der Waals surface area contributed by atoms with E-state index < -0.39 is 6.03 Å². The summed E-state index contributed by atoms with van der Waals surface area (Å²) in [5, 5.41) is 15.1. The van der Waals surface area contributed by atoms with Crippen molar-refractivity contribution in [1.29, 1.82) is 0 Å². The maximum atomic E-state index is 13.6. The highest BCUT2D eigenvalue weighted by Crippen LogP contribution is 2.26. The zero-order chi connectivity index (χ0) is 19.2. The quantitative estimate of drug-likeness (QED) is 0.486. The Bertz CT molecular complexity index is 954. The number of rotatable bonds is 6. The lowest BCUT2D eigenvalue weighted by Crippen LogP contribution is -2.19. The number of aromatic nitrogens is 2. The maximum Gasteiger partial charge on any atom is 0.325 e. The van der Waals surface area contributed by atoms with E-state index in [0.717, 1.165) is 5.01 Å². The summed E-state index contributed by atoms with van der Waals surface area (Å²) in [6.07, 6.45) is 0. The fourth-order valence-corrected chi connectivity index (χ4v) is 4.16. The molecule has 1 heterocycles. The lowest BCUT2D eigenvalue weighted by atomic mass is 10.2. The molecular weight excluding hydrogens is 430 g/mol. The van der Waals surface area contributed by atoms with Crippen LogP contribution >= 0.6 is 46.3 Å². The molecule has 2 aromatic carbocycles. The third kappa shape index (κ3) is 5.80. The monoisotopic (exact) mass is 442 g/mol. The van der Waals surface area contributed by atoms with Crippen molar-refractivity contribution in [2.45, 2.75) is 11.5 Å². The van der Waals surface area contributed by atoms with Gasteiger partial charge in [-0.25, -0.2) is 9.18 Å². The Balaban J connectivity index is 1.49. The molecule has 0 spiro atoms. The van der Waals surface area contributed by atoms with Crippen molar-refractivity contribution in [3.8, 4) is 0 Å². The Morgan fingerprint density at radius 1 is 1.07 bits per heavy atom. The second kappa shape index (κ2) is 9.36. The van der Waals surface area contributed by atoms with Crippen molar-refractivity contribution >= 4 is 63.2 Å².